The van der Waals surface area contributed by atoms with Crippen LogP contribution in [0.3, 0.4) is 0 Å². The number of nitrogens with zero attached hydrogens (tertiary/aromatic N) is 3. The first-order valence-electron chi connectivity index (χ1n) is 6.57. The lowest BCUT2D eigenvalue weighted by atomic mass is 9.93. The summed E-state index contributed by atoms with van der Waals surface area (Å²) in [6, 6.07) is 1.71. The Labute approximate surface area is 112 Å². The highest BCUT2D eigenvalue weighted by atomic mass is 16.4. The van der Waals surface area contributed by atoms with Crippen molar-refractivity contribution in [2.45, 2.75) is 25.7 Å². The molecule has 1 aliphatic heterocycles. The van der Waals surface area contributed by atoms with Crippen molar-refractivity contribution in [1.29, 1.82) is 0 Å². The van der Waals surface area contributed by atoms with Crippen LogP contribution in [0.5, 0.6) is 0 Å². The first kappa shape index (κ1) is 13.6. The van der Waals surface area contributed by atoms with Crippen LogP contribution in [0.25, 0.3) is 0 Å². The molecule has 1 saturated heterocycles. The second kappa shape index (κ2) is 5.86. The topological polar surface area (TPSA) is 75.4 Å². The van der Waals surface area contributed by atoms with E-state index in [2.05, 4.69) is 5.10 Å². The van der Waals surface area contributed by atoms with Crippen molar-refractivity contribution in [3.05, 3.63) is 18.0 Å². The van der Waals surface area contributed by atoms with E-state index in [9.17, 15) is 9.59 Å². The van der Waals surface area contributed by atoms with Gasteiger partial charge in [-0.05, 0) is 31.2 Å². The van der Waals surface area contributed by atoms with E-state index in [0.717, 1.165) is 19.4 Å². The molecule has 2 rings (SSSR count). The van der Waals surface area contributed by atoms with E-state index in [4.69, 9.17) is 5.11 Å². The Kier molecular flexibility index (Phi) is 4.19. The number of rotatable bonds is 4. The summed E-state index contributed by atoms with van der Waals surface area (Å²) < 4.78 is 1.57. The highest BCUT2D eigenvalue weighted by molar-refractivity contribution is 5.92. The Morgan fingerprint density at radius 1 is 1.53 bits per heavy atom. The Hall–Kier alpha value is -1.85. The van der Waals surface area contributed by atoms with Crippen molar-refractivity contribution >= 4 is 11.9 Å². The summed E-state index contributed by atoms with van der Waals surface area (Å²) in [6.07, 6.45) is 4.37. The van der Waals surface area contributed by atoms with E-state index in [1.54, 1.807) is 24.0 Å². The number of aryl methyl sites for hydroxylation is 1. The Bertz CT molecular complexity index is 469. The van der Waals surface area contributed by atoms with Crippen LogP contribution in [0, 0.1) is 5.92 Å². The van der Waals surface area contributed by atoms with Gasteiger partial charge in [-0.15, -0.1) is 0 Å². The molecule has 0 spiro atoms. The molecule has 0 unspecified atom stereocenters. The number of carboxylic acid groups (broad SMARTS) is 1. The number of aliphatic carboxylic acids is 1. The Balaban J connectivity index is 1.95. The van der Waals surface area contributed by atoms with Gasteiger partial charge >= 0.3 is 5.97 Å². The van der Waals surface area contributed by atoms with Crippen LogP contribution in [0.4, 0.5) is 0 Å². The smallest absolute Gasteiger partial charge is 0.303 e. The molecule has 1 N–H and O–H groups in total. The lowest BCUT2D eigenvalue weighted by Gasteiger charge is -2.32. The molecule has 0 aliphatic carbocycles. The number of likely N-dealkylation sites (tertiary alicyclic amines) is 1. The minimum atomic E-state index is -0.768. The first-order valence-corrected chi connectivity index (χ1v) is 6.57. The van der Waals surface area contributed by atoms with Crippen molar-refractivity contribution in [3.63, 3.8) is 0 Å². The second-order valence-electron chi connectivity index (χ2n) is 5.03. The van der Waals surface area contributed by atoms with Gasteiger partial charge < -0.3 is 10.0 Å². The van der Waals surface area contributed by atoms with Gasteiger partial charge in [-0.25, -0.2) is 0 Å². The molecule has 104 valence electrons. The monoisotopic (exact) mass is 265 g/mol. The molecular formula is C13H19N3O3. The molecule has 1 fully saturated rings. The fourth-order valence-electron chi connectivity index (χ4n) is 2.56. The average Bonchev–Trinajstić information content (AvgIpc) is 2.82. The van der Waals surface area contributed by atoms with Gasteiger partial charge in [0.15, 0.2) is 0 Å². The normalized spacial score (nSPS) is 19.4. The second-order valence-corrected chi connectivity index (χ2v) is 5.03. The molecule has 19 heavy (non-hydrogen) atoms. The first-order chi connectivity index (χ1) is 9.08. The largest absolute Gasteiger partial charge is 0.481 e. The van der Waals surface area contributed by atoms with Crippen LogP contribution >= 0.6 is 0 Å². The summed E-state index contributed by atoms with van der Waals surface area (Å²) in [4.78, 5) is 24.7. The van der Waals surface area contributed by atoms with Crippen molar-refractivity contribution in [2.75, 3.05) is 13.1 Å². The summed E-state index contributed by atoms with van der Waals surface area (Å²) in [6.45, 7) is 1.39. The molecular weight excluding hydrogens is 246 g/mol. The number of amides is 1. The van der Waals surface area contributed by atoms with Crippen molar-refractivity contribution in [2.24, 2.45) is 13.0 Å². The van der Waals surface area contributed by atoms with Gasteiger partial charge in [0.05, 0.1) is 0 Å². The summed E-state index contributed by atoms with van der Waals surface area (Å²) in [5.41, 5.74) is 0.582. The van der Waals surface area contributed by atoms with E-state index >= 15 is 0 Å². The fraction of sp³-hybridized carbons (Fsp3) is 0.615. The third kappa shape index (κ3) is 3.33. The number of carbonyl (C=O) groups is 2. The highest BCUT2D eigenvalue weighted by Crippen LogP contribution is 2.22. The van der Waals surface area contributed by atoms with E-state index in [1.165, 1.54) is 0 Å². The average molecular weight is 265 g/mol. The Morgan fingerprint density at radius 3 is 2.95 bits per heavy atom. The SMILES string of the molecule is Cn1nccc1C(=O)N1CCC[C@@H](CCC(=O)O)C1. The van der Waals surface area contributed by atoms with Gasteiger partial charge in [-0.1, -0.05) is 0 Å². The lowest BCUT2D eigenvalue weighted by molar-refractivity contribution is -0.137. The predicted octanol–water partition coefficient (Wildman–Crippen LogP) is 1.14. The maximum Gasteiger partial charge on any atom is 0.303 e. The standard InChI is InChI=1S/C13H19N3O3/c1-15-11(6-7-14-15)13(19)16-8-2-3-10(9-16)4-5-12(17)18/h6-7,10H,2-5,8-9H2,1H3,(H,17,18)/t10-/m0/s1. The molecule has 0 bridgehead atoms. The zero-order valence-electron chi connectivity index (χ0n) is 11.1. The highest BCUT2D eigenvalue weighted by Gasteiger charge is 2.26. The summed E-state index contributed by atoms with van der Waals surface area (Å²) in [5.74, 6) is -0.489. The zero-order chi connectivity index (χ0) is 13.8. The van der Waals surface area contributed by atoms with Crippen molar-refractivity contribution < 1.29 is 14.7 Å². The third-order valence-electron chi connectivity index (χ3n) is 3.61. The summed E-state index contributed by atoms with van der Waals surface area (Å²) in [7, 11) is 1.75. The minimum absolute atomic E-state index is 0.0139. The molecule has 2 heterocycles. The molecule has 1 aromatic heterocycles. The molecule has 0 aromatic carbocycles. The van der Waals surface area contributed by atoms with Gasteiger partial charge in [-0.3, -0.25) is 14.3 Å². The zero-order valence-corrected chi connectivity index (χ0v) is 11.1. The molecule has 1 amide bonds. The minimum Gasteiger partial charge on any atom is -0.481 e. The van der Waals surface area contributed by atoms with Crippen molar-refractivity contribution in [1.82, 2.24) is 14.7 Å². The lowest BCUT2D eigenvalue weighted by Crippen LogP contribution is -2.40. The maximum absolute atomic E-state index is 12.3. The van der Waals surface area contributed by atoms with Gasteiger partial charge in [0, 0.05) is 32.8 Å². The van der Waals surface area contributed by atoms with Crippen molar-refractivity contribution in [3.8, 4) is 0 Å². The number of piperidine rings is 1. The molecule has 6 heteroatoms. The molecule has 0 radical (unpaired) electrons. The number of aromatic nitrogens is 2. The van der Waals surface area contributed by atoms with E-state index in [1.807, 2.05) is 4.90 Å². The molecule has 1 aliphatic rings. The van der Waals surface area contributed by atoms with Gasteiger partial charge in [0.1, 0.15) is 5.69 Å². The number of carboxylic acids is 1. The fourth-order valence-corrected chi connectivity index (χ4v) is 2.56. The molecule has 1 aromatic rings. The number of hydrogen-bond acceptors (Lipinski definition) is 3. The Morgan fingerprint density at radius 2 is 2.32 bits per heavy atom. The molecule has 6 nitrogen and oxygen atoms in total. The van der Waals surface area contributed by atoms with Gasteiger partial charge in [0.2, 0.25) is 0 Å². The predicted molar refractivity (Wildman–Crippen MR) is 68.7 cm³/mol. The van der Waals surface area contributed by atoms with E-state index < -0.39 is 5.97 Å². The van der Waals surface area contributed by atoms with Crippen LogP contribution in [0.1, 0.15) is 36.2 Å². The van der Waals surface area contributed by atoms with Crippen LogP contribution in [0.2, 0.25) is 0 Å². The molecule has 0 saturated carbocycles. The third-order valence-corrected chi connectivity index (χ3v) is 3.61. The summed E-state index contributed by atoms with van der Waals surface area (Å²) >= 11 is 0. The maximum atomic E-state index is 12.3. The summed E-state index contributed by atoms with van der Waals surface area (Å²) in [5, 5.41) is 12.7. The van der Waals surface area contributed by atoms with E-state index in [0.29, 0.717) is 24.6 Å². The van der Waals surface area contributed by atoms with Crippen LogP contribution < -0.4 is 0 Å². The van der Waals surface area contributed by atoms with Crippen LogP contribution in [-0.2, 0) is 11.8 Å². The molecule has 1 atom stereocenters. The number of hydrogen-bond donors (Lipinski definition) is 1. The van der Waals surface area contributed by atoms with Gasteiger partial charge in [0.25, 0.3) is 5.91 Å². The van der Waals surface area contributed by atoms with E-state index in [-0.39, 0.29) is 12.3 Å². The van der Waals surface area contributed by atoms with Crippen LogP contribution in [0.15, 0.2) is 12.3 Å². The quantitative estimate of drug-likeness (QED) is 0.885. The number of carbonyl (C=O) groups excluding carboxylic acids is 1. The van der Waals surface area contributed by atoms with Crippen LogP contribution in [-0.4, -0.2) is 44.8 Å². The van der Waals surface area contributed by atoms with Gasteiger partial charge in [-0.2, -0.15) is 5.10 Å².